The Balaban J connectivity index is 1.52. The van der Waals surface area contributed by atoms with Crippen LogP contribution < -0.4 is 10.2 Å². The highest BCUT2D eigenvalue weighted by Crippen LogP contribution is 2.35. The maximum absolute atomic E-state index is 13.4. The van der Waals surface area contributed by atoms with Gasteiger partial charge in [0, 0.05) is 31.7 Å². The second-order valence-corrected chi connectivity index (χ2v) is 10.2. The Morgan fingerprint density at radius 2 is 1.88 bits per heavy atom. The van der Waals surface area contributed by atoms with Gasteiger partial charge in [-0.15, -0.1) is 0 Å². The Morgan fingerprint density at radius 1 is 1.16 bits per heavy atom. The summed E-state index contributed by atoms with van der Waals surface area (Å²) in [5.74, 6) is -0.805. The monoisotopic (exact) mass is 459 g/mol. The average Bonchev–Trinajstić information content (AvgIpc) is 3.37. The Morgan fingerprint density at radius 3 is 2.56 bits per heavy atom. The van der Waals surface area contributed by atoms with Gasteiger partial charge in [0.1, 0.15) is 11.9 Å². The fraction of sp³-hybridized carbons (Fsp3) is 0.391. The molecule has 9 heteroatoms. The number of amides is 2. The zero-order valence-electron chi connectivity index (χ0n) is 18.0. The molecule has 2 unspecified atom stereocenters. The van der Waals surface area contributed by atoms with Crippen LogP contribution in [-0.2, 0) is 32.6 Å². The number of carbonyl (C=O) groups excluding carboxylic acids is 2. The Labute approximate surface area is 187 Å². The molecule has 1 saturated heterocycles. The number of hydrogen-bond donors (Lipinski definition) is 1. The molecule has 32 heavy (non-hydrogen) atoms. The van der Waals surface area contributed by atoms with Crippen LogP contribution in [0.15, 0.2) is 47.4 Å². The number of fused-ring (bicyclic) bond motifs is 1. The molecule has 2 aromatic carbocycles. The van der Waals surface area contributed by atoms with Gasteiger partial charge in [0.05, 0.1) is 4.90 Å². The molecular weight excluding hydrogens is 433 g/mol. The van der Waals surface area contributed by atoms with Crippen molar-refractivity contribution in [3.05, 3.63) is 59.4 Å². The summed E-state index contributed by atoms with van der Waals surface area (Å²) in [6.45, 7) is 3.89. The van der Waals surface area contributed by atoms with E-state index in [-0.39, 0.29) is 41.7 Å². The van der Waals surface area contributed by atoms with Gasteiger partial charge in [-0.2, -0.15) is 4.31 Å². The molecule has 0 saturated carbocycles. The van der Waals surface area contributed by atoms with Gasteiger partial charge in [-0.3, -0.25) is 9.59 Å². The predicted octanol–water partition coefficient (Wildman–Crippen LogP) is 2.59. The second kappa shape index (κ2) is 8.63. The van der Waals surface area contributed by atoms with E-state index >= 15 is 0 Å². The van der Waals surface area contributed by atoms with Crippen LogP contribution in [0.1, 0.15) is 37.8 Å². The van der Waals surface area contributed by atoms with E-state index in [1.807, 2.05) is 6.92 Å². The molecule has 2 atom stereocenters. The smallest absolute Gasteiger partial charge is 0.243 e. The molecular formula is C23H26FN3O4S. The van der Waals surface area contributed by atoms with E-state index in [1.165, 1.54) is 29.4 Å². The number of nitrogens with zero attached hydrogens (tertiary/aromatic N) is 2. The summed E-state index contributed by atoms with van der Waals surface area (Å²) in [7, 11) is -3.88. The van der Waals surface area contributed by atoms with Gasteiger partial charge >= 0.3 is 0 Å². The van der Waals surface area contributed by atoms with E-state index in [1.54, 1.807) is 29.2 Å². The SMILES string of the molecule is CC(=O)N1c2ccc(S(=O)(=O)N3CCCC3C(=O)NCc3ccc(F)cc3)cc2CC1C. The van der Waals surface area contributed by atoms with Crippen LogP contribution in [0.2, 0.25) is 0 Å². The van der Waals surface area contributed by atoms with Crippen LogP contribution in [0, 0.1) is 5.82 Å². The molecule has 1 N–H and O–H groups in total. The molecule has 0 bridgehead atoms. The molecule has 0 spiro atoms. The first-order chi connectivity index (χ1) is 15.2. The predicted molar refractivity (Wildman–Crippen MR) is 118 cm³/mol. The maximum Gasteiger partial charge on any atom is 0.243 e. The number of sulfonamides is 1. The number of halogens is 1. The van der Waals surface area contributed by atoms with Gasteiger partial charge < -0.3 is 10.2 Å². The van der Waals surface area contributed by atoms with Crippen molar-refractivity contribution in [1.82, 2.24) is 9.62 Å². The van der Waals surface area contributed by atoms with Crippen LogP contribution >= 0.6 is 0 Å². The van der Waals surface area contributed by atoms with E-state index in [0.29, 0.717) is 19.3 Å². The standard InChI is InChI=1S/C23H26FN3O4S/c1-15-12-18-13-20(9-10-21(18)27(15)16(2)28)32(30,31)26-11-3-4-22(26)23(29)25-14-17-5-7-19(24)8-6-17/h5-10,13,15,22H,3-4,11-12,14H2,1-2H3,(H,25,29). The van der Waals surface area contributed by atoms with Gasteiger partial charge in [0.25, 0.3) is 0 Å². The minimum absolute atomic E-state index is 0.0303. The lowest BCUT2D eigenvalue weighted by Crippen LogP contribution is -2.45. The number of hydrogen-bond acceptors (Lipinski definition) is 4. The normalized spacial score (nSPS) is 20.9. The number of benzene rings is 2. The van der Waals surface area contributed by atoms with E-state index in [0.717, 1.165) is 16.8 Å². The topological polar surface area (TPSA) is 86.8 Å². The lowest BCUT2D eigenvalue weighted by molar-refractivity contribution is -0.124. The third kappa shape index (κ3) is 4.14. The fourth-order valence-corrected chi connectivity index (χ4v) is 6.29. The summed E-state index contributed by atoms with van der Waals surface area (Å²) >= 11 is 0. The molecule has 2 aliphatic rings. The molecule has 2 heterocycles. The largest absolute Gasteiger partial charge is 0.351 e. The van der Waals surface area contributed by atoms with Crippen molar-refractivity contribution in [2.75, 3.05) is 11.4 Å². The van der Waals surface area contributed by atoms with Crippen LogP contribution in [-0.4, -0.2) is 43.2 Å². The maximum atomic E-state index is 13.4. The third-order valence-electron chi connectivity index (χ3n) is 6.10. The van der Waals surface area contributed by atoms with Gasteiger partial charge in [-0.25, -0.2) is 12.8 Å². The molecule has 2 aromatic rings. The number of rotatable bonds is 5. The summed E-state index contributed by atoms with van der Waals surface area (Å²) in [5, 5.41) is 2.77. The Bertz CT molecular complexity index is 1150. The minimum Gasteiger partial charge on any atom is -0.351 e. The average molecular weight is 460 g/mol. The van der Waals surface area contributed by atoms with Crippen molar-refractivity contribution in [1.29, 1.82) is 0 Å². The fourth-order valence-electron chi connectivity index (χ4n) is 4.58. The Kier molecular flexibility index (Phi) is 6.05. The summed E-state index contributed by atoms with van der Waals surface area (Å²) in [6, 6.07) is 9.77. The van der Waals surface area contributed by atoms with Gasteiger partial charge in [0.2, 0.25) is 21.8 Å². The van der Waals surface area contributed by atoms with E-state index in [9.17, 15) is 22.4 Å². The lowest BCUT2D eigenvalue weighted by Gasteiger charge is -2.24. The van der Waals surface area contributed by atoms with Crippen LogP contribution in [0.25, 0.3) is 0 Å². The highest BCUT2D eigenvalue weighted by Gasteiger charge is 2.40. The van der Waals surface area contributed by atoms with Crippen molar-refractivity contribution in [3.63, 3.8) is 0 Å². The van der Waals surface area contributed by atoms with Gasteiger partial charge in [-0.1, -0.05) is 12.1 Å². The minimum atomic E-state index is -3.88. The Hall–Kier alpha value is -2.78. The van der Waals surface area contributed by atoms with Gasteiger partial charge in [0.15, 0.2) is 0 Å². The highest BCUT2D eigenvalue weighted by molar-refractivity contribution is 7.89. The summed E-state index contributed by atoms with van der Waals surface area (Å²) in [5.41, 5.74) is 2.28. The first-order valence-electron chi connectivity index (χ1n) is 10.6. The molecule has 0 radical (unpaired) electrons. The molecule has 1 fully saturated rings. The van der Waals surface area contributed by atoms with Crippen LogP contribution in [0.3, 0.4) is 0 Å². The number of carbonyl (C=O) groups is 2. The van der Waals surface area contributed by atoms with E-state index < -0.39 is 16.1 Å². The molecule has 2 aliphatic heterocycles. The summed E-state index contributed by atoms with van der Waals surface area (Å²) in [6.07, 6.45) is 1.61. The molecule has 170 valence electrons. The zero-order chi connectivity index (χ0) is 23.0. The number of nitrogens with one attached hydrogen (secondary N) is 1. The first-order valence-corrected chi connectivity index (χ1v) is 12.1. The van der Waals surface area contributed by atoms with Crippen molar-refractivity contribution < 1.29 is 22.4 Å². The lowest BCUT2D eigenvalue weighted by atomic mass is 10.1. The van der Waals surface area contributed by atoms with Crippen molar-refractivity contribution in [2.24, 2.45) is 0 Å². The van der Waals surface area contributed by atoms with Crippen LogP contribution in [0.5, 0.6) is 0 Å². The third-order valence-corrected chi connectivity index (χ3v) is 8.00. The molecule has 4 rings (SSSR count). The van der Waals surface area contributed by atoms with Crippen LogP contribution in [0.4, 0.5) is 10.1 Å². The van der Waals surface area contributed by atoms with Gasteiger partial charge in [-0.05, 0) is 67.6 Å². The quantitative estimate of drug-likeness (QED) is 0.745. The highest BCUT2D eigenvalue weighted by atomic mass is 32.2. The van der Waals surface area contributed by atoms with E-state index in [2.05, 4.69) is 5.32 Å². The zero-order valence-corrected chi connectivity index (χ0v) is 18.9. The van der Waals surface area contributed by atoms with E-state index in [4.69, 9.17) is 0 Å². The first kappa shape index (κ1) is 22.4. The van der Waals surface area contributed by atoms with Crippen molar-refractivity contribution in [3.8, 4) is 0 Å². The second-order valence-electron chi connectivity index (χ2n) is 8.35. The molecule has 0 aromatic heterocycles. The van der Waals surface area contributed by atoms with Crippen molar-refractivity contribution >= 4 is 27.5 Å². The summed E-state index contributed by atoms with van der Waals surface area (Å²) in [4.78, 5) is 26.5. The molecule has 7 nitrogen and oxygen atoms in total. The summed E-state index contributed by atoms with van der Waals surface area (Å²) < 4.78 is 41.1. The molecule has 0 aliphatic carbocycles. The molecule has 2 amide bonds. The number of anilines is 1. The van der Waals surface area contributed by atoms with Crippen molar-refractivity contribution in [2.45, 2.75) is 56.6 Å².